The van der Waals surface area contributed by atoms with Gasteiger partial charge in [-0.05, 0) is 50.2 Å². The van der Waals surface area contributed by atoms with Crippen molar-refractivity contribution in [2.24, 2.45) is 0 Å². The van der Waals surface area contributed by atoms with E-state index in [1.54, 1.807) is 38.4 Å². The third kappa shape index (κ3) is 3.96. The second-order valence-corrected chi connectivity index (χ2v) is 8.19. The van der Waals surface area contributed by atoms with Gasteiger partial charge in [0.25, 0.3) is 15.9 Å². The lowest BCUT2D eigenvalue weighted by molar-refractivity contribution is 0.102. The molecule has 152 valence electrons. The fraction of sp³-hybridized carbons (Fsp3) is 0.105. The molecule has 10 nitrogen and oxygen atoms in total. The van der Waals surface area contributed by atoms with Crippen LogP contribution in [0, 0.1) is 13.8 Å². The monoisotopic (exact) mass is 423 g/mol. The number of aromatic nitrogens is 5. The summed E-state index contributed by atoms with van der Waals surface area (Å²) in [6.07, 6.45) is 4.68. The highest BCUT2D eigenvalue weighted by Crippen LogP contribution is 2.18. The van der Waals surface area contributed by atoms with Crippen LogP contribution in [0.3, 0.4) is 0 Å². The smallest absolute Gasteiger partial charge is 0.264 e. The number of carbonyl (C=O) groups excluding carboxylic acids is 1. The molecule has 0 radical (unpaired) electrons. The van der Waals surface area contributed by atoms with E-state index in [-0.39, 0.29) is 10.8 Å². The Morgan fingerprint density at radius 1 is 1.07 bits per heavy atom. The molecule has 0 spiro atoms. The Morgan fingerprint density at radius 2 is 1.77 bits per heavy atom. The van der Waals surface area contributed by atoms with Crippen molar-refractivity contribution >= 4 is 33.2 Å². The quantitative estimate of drug-likeness (QED) is 0.503. The number of hydrogen-bond donors (Lipinski definition) is 2. The van der Waals surface area contributed by atoms with E-state index in [9.17, 15) is 13.2 Å². The minimum absolute atomic E-state index is 0.00506. The second-order valence-electron chi connectivity index (χ2n) is 6.50. The number of fused-ring (bicyclic) bond motifs is 1. The Kier molecular flexibility index (Phi) is 4.88. The summed E-state index contributed by atoms with van der Waals surface area (Å²) in [5, 5.41) is 6.78. The van der Waals surface area contributed by atoms with Crippen LogP contribution in [0.5, 0.6) is 0 Å². The number of nitrogens with one attached hydrogen (secondary N) is 2. The molecular formula is C19H17N7O3S. The molecule has 0 aliphatic heterocycles. The lowest BCUT2D eigenvalue weighted by Crippen LogP contribution is -2.16. The molecule has 3 aromatic heterocycles. The molecule has 0 aliphatic carbocycles. The third-order valence-corrected chi connectivity index (χ3v) is 5.50. The van der Waals surface area contributed by atoms with Crippen molar-refractivity contribution in [3.05, 3.63) is 71.9 Å². The molecule has 2 N–H and O–H groups in total. The van der Waals surface area contributed by atoms with E-state index in [4.69, 9.17) is 0 Å². The van der Waals surface area contributed by atoms with Gasteiger partial charge in [-0.3, -0.25) is 4.79 Å². The van der Waals surface area contributed by atoms with Crippen molar-refractivity contribution < 1.29 is 13.2 Å². The van der Waals surface area contributed by atoms with Crippen molar-refractivity contribution in [2.45, 2.75) is 18.7 Å². The van der Waals surface area contributed by atoms with Crippen LogP contribution in [0.15, 0.2) is 59.9 Å². The highest BCUT2D eigenvalue weighted by Gasteiger charge is 2.17. The maximum Gasteiger partial charge on any atom is 0.264 e. The molecule has 0 aliphatic rings. The lowest BCUT2D eigenvalue weighted by Gasteiger charge is -2.09. The van der Waals surface area contributed by atoms with E-state index in [0.29, 0.717) is 28.3 Å². The molecule has 1 amide bonds. The van der Waals surface area contributed by atoms with Crippen LogP contribution in [-0.4, -0.2) is 38.9 Å². The van der Waals surface area contributed by atoms with Crippen LogP contribution in [0.2, 0.25) is 0 Å². The minimum atomic E-state index is -3.88. The molecular weight excluding hydrogens is 406 g/mol. The van der Waals surface area contributed by atoms with Crippen molar-refractivity contribution in [1.29, 1.82) is 0 Å². The first kappa shape index (κ1) is 19.5. The van der Waals surface area contributed by atoms with Gasteiger partial charge in [-0.25, -0.2) is 32.6 Å². The zero-order valence-electron chi connectivity index (χ0n) is 16.1. The number of anilines is 2. The summed E-state index contributed by atoms with van der Waals surface area (Å²) in [6, 6.07) is 9.21. The number of amides is 1. The van der Waals surface area contributed by atoms with E-state index < -0.39 is 15.9 Å². The molecule has 4 rings (SSSR count). The SMILES string of the molecule is Cc1cc(C)nc(NS(=O)(=O)c2ccc(NC(=O)c3cnn4cccnc34)cc2)n1. The van der Waals surface area contributed by atoms with Crippen molar-refractivity contribution in [3.8, 4) is 0 Å². The number of carbonyl (C=O) groups is 1. The van der Waals surface area contributed by atoms with Crippen LogP contribution in [0.4, 0.5) is 11.6 Å². The van der Waals surface area contributed by atoms with Crippen LogP contribution in [0.25, 0.3) is 5.65 Å². The van der Waals surface area contributed by atoms with Crippen molar-refractivity contribution in [1.82, 2.24) is 24.6 Å². The molecule has 11 heteroatoms. The molecule has 0 atom stereocenters. The predicted molar refractivity (Wildman–Crippen MR) is 110 cm³/mol. The highest BCUT2D eigenvalue weighted by molar-refractivity contribution is 7.92. The maximum atomic E-state index is 12.6. The first-order valence-electron chi connectivity index (χ1n) is 8.87. The van der Waals surface area contributed by atoms with Crippen molar-refractivity contribution in [2.75, 3.05) is 10.0 Å². The second kappa shape index (κ2) is 7.52. The Labute approximate surface area is 172 Å². The molecule has 30 heavy (non-hydrogen) atoms. The van der Waals surface area contributed by atoms with Crippen molar-refractivity contribution in [3.63, 3.8) is 0 Å². The van der Waals surface area contributed by atoms with Crippen LogP contribution in [-0.2, 0) is 10.0 Å². The Balaban J connectivity index is 1.51. The average molecular weight is 423 g/mol. The first-order chi connectivity index (χ1) is 14.3. The van der Waals surface area contributed by atoms with Crippen LogP contribution in [0.1, 0.15) is 21.7 Å². The standard InChI is InChI=1S/C19H17N7O3S/c1-12-10-13(2)23-19(22-12)25-30(28,29)15-6-4-14(5-7-15)24-18(27)16-11-21-26-9-3-8-20-17(16)26/h3-11H,1-2H3,(H,24,27)(H,22,23,25). The number of hydrogen-bond acceptors (Lipinski definition) is 7. The summed E-state index contributed by atoms with van der Waals surface area (Å²) < 4.78 is 29.0. The summed E-state index contributed by atoms with van der Waals surface area (Å²) in [5.41, 5.74) is 2.46. The molecule has 0 saturated heterocycles. The van der Waals surface area contributed by atoms with Gasteiger partial charge in [0.15, 0.2) is 5.65 Å². The number of rotatable bonds is 5. The van der Waals surface area contributed by atoms with E-state index in [1.807, 2.05) is 0 Å². The molecule has 1 aromatic carbocycles. The minimum Gasteiger partial charge on any atom is -0.322 e. The first-order valence-corrected chi connectivity index (χ1v) is 10.3. The van der Waals surface area contributed by atoms with Gasteiger partial charge in [-0.15, -0.1) is 0 Å². The van der Waals surface area contributed by atoms with Crippen LogP contribution >= 0.6 is 0 Å². The van der Waals surface area contributed by atoms with E-state index >= 15 is 0 Å². The van der Waals surface area contributed by atoms with Gasteiger partial charge in [0.05, 0.1) is 11.1 Å². The van der Waals surface area contributed by atoms with Gasteiger partial charge >= 0.3 is 0 Å². The third-order valence-electron chi connectivity index (χ3n) is 4.15. The van der Waals surface area contributed by atoms with Gasteiger partial charge in [0.1, 0.15) is 5.56 Å². The van der Waals surface area contributed by atoms with Gasteiger partial charge in [-0.1, -0.05) is 0 Å². The lowest BCUT2D eigenvalue weighted by atomic mass is 10.2. The highest BCUT2D eigenvalue weighted by atomic mass is 32.2. The fourth-order valence-corrected chi connectivity index (χ4v) is 3.80. The van der Waals surface area contributed by atoms with E-state index in [2.05, 4.69) is 30.1 Å². The molecule has 3 heterocycles. The molecule has 0 unspecified atom stereocenters. The summed E-state index contributed by atoms with van der Waals surface area (Å²) in [7, 11) is -3.88. The van der Waals surface area contributed by atoms with Crippen LogP contribution < -0.4 is 10.0 Å². The number of nitrogens with zero attached hydrogens (tertiary/aromatic N) is 5. The zero-order valence-corrected chi connectivity index (χ0v) is 16.9. The normalized spacial score (nSPS) is 11.4. The summed E-state index contributed by atoms with van der Waals surface area (Å²) in [5.74, 6) is -0.397. The van der Waals surface area contributed by atoms with Gasteiger partial charge in [-0.2, -0.15) is 5.10 Å². The molecule has 4 aromatic rings. The zero-order chi connectivity index (χ0) is 21.3. The summed E-state index contributed by atoms with van der Waals surface area (Å²) in [6.45, 7) is 3.51. The summed E-state index contributed by atoms with van der Waals surface area (Å²) >= 11 is 0. The Bertz CT molecular complexity index is 1330. The van der Waals surface area contributed by atoms with E-state index in [0.717, 1.165) is 0 Å². The Morgan fingerprint density at radius 3 is 2.47 bits per heavy atom. The number of sulfonamides is 1. The largest absolute Gasteiger partial charge is 0.322 e. The van der Waals surface area contributed by atoms with E-state index in [1.165, 1.54) is 35.0 Å². The number of aryl methyl sites for hydroxylation is 2. The fourth-order valence-electron chi connectivity index (χ4n) is 2.85. The number of benzene rings is 1. The predicted octanol–water partition coefficient (Wildman–Crippen LogP) is 2.19. The molecule has 0 saturated carbocycles. The van der Waals surface area contributed by atoms with Gasteiger partial charge in [0.2, 0.25) is 5.95 Å². The van der Waals surface area contributed by atoms with Gasteiger partial charge < -0.3 is 5.32 Å². The molecule has 0 fully saturated rings. The van der Waals surface area contributed by atoms with Gasteiger partial charge in [0, 0.05) is 29.5 Å². The molecule has 0 bridgehead atoms. The maximum absolute atomic E-state index is 12.6. The topological polar surface area (TPSA) is 131 Å². The summed E-state index contributed by atoms with van der Waals surface area (Å²) in [4.78, 5) is 24.8. The average Bonchev–Trinajstić information content (AvgIpc) is 3.11. The Hall–Kier alpha value is -3.86.